The molecule has 0 aromatic heterocycles. The first-order valence-electron chi connectivity index (χ1n) is 7.96. The summed E-state index contributed by atoms with van der Waals surface area (Å²) in [4.78, 5) is 5.08. The number of para-hydroxylation sites is 1. The fourth-order valence-electron chi connectivity index (χ4n) is 3.05. The second kappa shape index (κ2) is 8.11. The molecule has 2 nitrogen and oxygen atoms in total. The molecule has 0 radical (unpaired) electrons. The van der Waals surface area contributed by atoms with E-state index in [0.29, 0.717) is 0 Å². The maximum Gasteiger partial charge on any atom is 0.0366 e. The van der Waals surface area contributed by atoms with Gasteiger partial charge in [-0.1, -0.05) is 24.3 Å². The third-order valence-electron chi connectivity index (χ3n) is 4.40. The molecular weight excluding hydrogens is 244 g/mol. The summed E-state index contributed by atoms with van der Waals surface area (Å²) >= 11 is 0. The third kappa shape index (κ3) is 4.38. The molecule has 2 heteroatoms. The number of nitrogens with zero attached hydrogens (tertiary/aromatic N) is 2. The van der Waals surface area contributed by atoms with Gasteiger partial charge in [0.25, 0.3) is 0 Å². The number of anilines is 1. The average molecular weight is 272 g/mol. The summed E-state index contributed by atoms with van der Waals surface area (Å²) in [5, 5.41) is 0. The first kappa shape index (κ1) is 15.1. The quantitative estimate of drug-likeness (QED) is 0.697. The number of hydrogen-bond acceptors (Lipinski definition) is 2. The Morgan fingerprint density at radius 2 is 1.95 bits per heavy atom. The molecule has 2 rings (SSSR count). The average Bonchev–Trinajstić information content (AvgIpc) is 2.51. The monoisotopic (exact) mass is 272 g/mol. The zero-order valence-corrected chi connectivity index (χ0v) is 12.8. The Hall–Kier alpha value is -1.28. The van der Waals surface area contributed by atoms with Crippen molar-refractivity contribution in [3.63, 3.8) is 0 Å². The van der Waals surface area contributed by atoms with E-state index < -0.39 is 0 Å². The van der Waals surface area contributed by atoms with E-state index in [9.17, 15) is 0 Å². The molecule has 0 spiro atoms. The van der Waals surface area contributed by atoms with Crippen LogP contribution < -0.4 is 4.90 Å². The molecule has 0 bridgehead atoms. The van der Waals surface area contributed by atoms with Gasteiger partial charge < -0.3 is 9.80 Å². The van der Waals surface area contributed by atoms with E-state index >= 15 is 0 Å². The van der Waals surface area contributed by atoms with E-state index in [1.807, 2.05) is 0 Å². The lowest BCUT2D eigenvalue weighted by Gasteiger charge is -2.33. The van der Waals surface area contributed by atoms with Gasteiger partial charge in [-0.05, 0) is 57.3 Å². The van der Waals surface area contributed by atoms with Gasteiger partial charge in [0.1, 0.15) is 0 Å². The highest BCUT2D eigenvalue weighted by Crippen LogP contribution is 2.20. The minimum Gasteiger partial charge on any atom is -0.371 e. The Kier molecular flexibility index (Phi) is 6.13. The van der Waals surface area contributed by atoms with Crippen LogP contribution in [-0.2, 0) is 0 Å². The molecule has 1 heterocycles. The number of likely N-dealkylation sites (N-methyl/N-ethyl adjacent to an activating group) is 1. The summed E-state index contributed by atoms with van der Waals surface area (Å²) < 4.78 is 0. The molecule has 0 atom stereocenters. The molecule has 1 fully saturated rings. The summed E-state index contributed by atoms with van der Waals surface area (Å²) in [6, 6.07) is 10.7. The van der Waals surface area contributed by atoms with E-state index in [0.717, 1.165) is 19.0 Å². The molecule has 110 valence electrons. The first-order chi connectivity index (χ1) is 9.83. The Morgan fingerprint density at radius 1 is 1.25 bits per heavy atom. The van der Waals surface area contributed by atoms with Gasteiger partial charge in [0.2, 0.25) is 0 Å². The molecule has 0 N–H and O–H groups in total. The lowest BCUT2D eigenvalue weighted by Crippen LogP contribution is -2.39. The fraction of sp³-hybridized carbons (Fsp3) is 0.556. The Balaban J connectivity index is 1.76. The van der Waals surface area contributed by atoms with Crippen LogP contribution in [0.5, 0.6) is 0 Å². The van der Waals surface area contributed by atoms with E-state index in [-0.39, 0.29) is 0 Å². The molecule has 1 aromatic rings. The van der Waals surface area contributed by atoms with Crippen LogP contribution >= 0.6 is 0 Å². The van der Waals surface area contributed by atoms with Gasteiger partial charge in [-0.15, -0.1) is 6.58 Å². The fourth-order valence-corrected chi connectivity index (χ4v) is 3.05. The van der Waals surface area contributed by atoms with Gasteiger partial charge in [0.05, 0.1) is 0 Å². The highest BCUT2D eigenvalue weighted by Gasteiger charge is 2.18. The molecule has 0 aliphatic carbocycles. The van der Waals surface area contributed by atoms with Crippen molar-refractivity contribution in [3.8, 4) is 0 Å². The lowest BCUT2D eigenvalue weighted by atomic mass is 9.94. The van der Waals surface area contributed by atoms with Crippen LogP contribution in [-0.4, -0.2) is 37.6 Å². The van der Waals surface area contributed by atoms with Crippen molar-refractivity contribution in [2.24, 2.45) is 5.92 Å². The maximum absolute atomic E-state index is 3.86. The van der Waals surface area contributed by atoms with Crippen LogP contribution in [0, 0.1) is 5.92 Å². The molecule has 1 saturated heterocycles. The largest absolute Gasteiger partial charge is 0.371 e. The molecule has 1 aromatic carbocycles. The molecule has 20 heavy (non-hydrogen) atoms. The van der Waals surface area contributed by atoms with Gasteiger partial charge in [0, 0.05) is 25.3 Å². The molecular formula is C18H28N2. The third-order valence-corrected chi connectivity index (χ3v) is 4.40. The lowest BCUT2D eigenvalue weighted by molar-refractivity contribution is 0.189. The smallest absolute Gasteiger partial charge is 0.0366 e. The van der Waals surface area contributed by atoms with Crippen molar-refractivity contribution < 1.29 is 0 Å². The number of piperidine rings is 1. The van der Waals surface area contributed by atoms with Crippen molar-refractivity contribution in [2.45, 2.75) is 26.2 Å². The van der Waals surface area contributed by atoms with Crippen LogP contribution in [0.2, 0.25) is 0 Å². The molecule has 0 amide bonds. The number of rotatable bonds is 7. The predicted molar refractivity (Wildman–Crippen MR) is 88.3 cm³/mol. The van der Waals surface area contributed by atoms with Crippen LogP contribution in [0.1, 0.15) is 26.2 Å². The van der Waals surface area contributed by atoms with Gasteiger partial charge in [-0.3, -0.25) is 0 Å². The topological polar surface area (TPSA) is 6.48 Å². The minimum atomic E-state index is 0.875. The Bertz CT molecular complexity index is 380. The first-order valence-corrected chi connectivity index (χ1v) is 7.96. The number of allylic oxidation sites excluding steroid dienone is 1. The Morgan fingerprint density at radius 3 is 2.55 bits per heavy atom. The number of hydrogen-bond donors (Lipinski definition) is 0. The van der Waals surface area contributed by atoms with Gasteiger partial charge in [-0.2, -0.15) is 0 Å². The van der Waals surface area contributed by atoms with Crippen molar-refractivity contribution in [1.82, 2.24) is 4.90 Å². The van der Waals surface area contributed by atoms with Crippen molar-refractivity contribution in [2.75, 3.05) is 37.6 Å². The second-order valence-corrected chi connectivity index (χ2v) is 5.72. The van der Waals surface area contributed by atoms with Crippen LogP contribution in [0.15, 0.2) is 43.0 Å². The maximum atomic E-state index is 3.86. The molecule has 1 aliphatic heterocycles. The SMILES string of the molecule is C=CCC1CCN(CCN(CC)c2ccccc2)CC1. The van der Waals surface area contributed by atoms with Crippen molar-refractivity contribution in [1.29, 1.82) is 0 Å². The van der Waals surface area contributed by atoms with Crippen LogP contribution in [0.3, 0.4) is 0 Å². The van der Waals surface area contributed by atoms with E-state index in [1.54, 1.807) is 0 Å². The number of benzene rings is 1. The zero-order chi connectivity index (χ0) is 14.2. The van der Waals surface area contributed by atoms with E-state index in [1.165, 1.54) is 44.6 Å². The van der Waals surface area contributed by atoms with Gasteiger partial charge in [-0.25, -0.2) is 0 Å². The second-order valence-electron chi connectivity index (χ2n) is 5.72. The highest BCUT2D eigenvalue weighted by molar-refractivity contribution is 5.45. The predicted octanol–water partition coefficient (Wildman–Crippen LogP) is 3.80. The van der Waals surface area contributed by atoms with Crippen LogP contribution in [0.25, 0.3) is 0 Å². The summed E-state index contributed by atoms with van der Waals surface area (Å²) in [7, 11) is 0. The van der Waals surface area contributed by atoms with Gasteiger partial charge >= 0.3 is 0 Å². The summed E-state index contributed by atoms with van der Waals surface area (Å²) in [5.41, 5.74) is 1.34. The standard InChI is InChI=1S/C18H28N2/c1-3-8-17-11-13-19(14-12-17)15-16-20(4-2)18-9-6-5-7-10-18/h3,5-7,9-10,17H,1,4,8,11-16H2,2H3. The van der Waals surface area contributed by atoms with E-state index in [4.69, 9.17) is 0 Å². The Labute approximate surface area is 124 Å². The summed E-state index contributed by atoms with van der Waals surface area (Å²) in [6.45, 7) is 12.0. The highest BCUT2D eigenvalue weighted by atomic mass is 15.2. The summed E-state index contributed by atoms with van der Waals surface area (Å²) in [6.07, 6.45) is 5.94. The molecule has 1 aliphatic rings. The molecule has 0 unspecified atom stereocenters. The van der Waals surface area contributed by atoms with Gasteiger partial charge in [0.15, 0.2) is 0 Å². The normalized spacial score (nSPS) is 17.1. The minimum absolute atomic E-state index is 0.875. The summed E-state index contributed by atoms with van der Waals surface area (Å²) in [5.74, 6) is 0.875. The van der Waals surface area contributed by atoms with Crippen LogP contribution in [0.4, 0.5) is 5.69 Å². The number of likely N-dealkylation sites (tertiary alicyclic amines) is 1. The van der Waals surface area contributed by atoms with Crippen molar-refractivity contribution in [3.05, 3.63) is 43.0 Å². The molecule has 0 saturated carbocycles. The van der Waals surface area contributed by atoms with Crippen molar-refractivity contribution >= 4 is 5.69 Å². The van der Waals surface area contributed by atoms with E-state index in [2.05, 4.69) is 59.7 Å². The zero-order valence-electron chi connectivity index (χ0n) is 12.8.